The number of ether oxygens (including phenoxy) is 1. The van der Waals surface area contributed by atoms with E-state index in [1.165, 1.54) is 12.1 Å². The Labute approximate surface area is 162 Å². The topological polar surface area (TPSA) is 51.2 Å². The highest BCUT2D eigenvalue weighted by molar-refractivity contribution is 7.09. The molecule has 27 heavy (non-hydrogen) atoms. The van der Waals surface area contributed by atoms with E-state index in [0.717, 1.165) is 16.3 Å². The first-order valence-electron chi connectivity index (χ1n) is 8.71. The first-order valence-corrected chi connectivity index (χ1v) is 9.59. The number of thiazole rings is 1. The fraction of sp³-hybridized carbons (Fsp3) is 0.238. The van der Waals surface area contributed by atoms with Crippen LogP contribution in [0.5, 0.6) is 5.75 Å². The van der Waals surface area contributed by atoms with Gasteiger partial charge in [-0.05, 0) is 35.9 Å². The second kappa shape index (κ2) is 8.77. The fourth-order valence-corrected chi connectivity index (χ4v) is 3.25. The van der Waals surface area contributed by atoms with E-state index in [0.29, 0.717) is 30.4 Å². The molecule has 0 unspecified atom stereocenters. The van der Waals surface area contributed by atoms with Gasteiger partial charge >= 0.3 is 0 Å². The average molecular weight is 384 g/mol. The Morgan fingerprint density at radius 1 is 1.22 bits per heavy atom. The summed E-state index contributed by atoms with van der Waals surface area (Å²) in [5.41, 5.74) is 2.24. The van der Waals surface area contributed by atoms with Crippen LogP contribution in [0.15, 0.2) is 53.9 Å². The zero-order valence-electron chi connectivity index (χ0n) is 15.2. The van der Waals surface area contributed by atoms with Crippen molar-refractivity contribution in [3.63, 3.8) is 0 Å². The van der Waals surface area contributed by atoms with Crippen molar-refractivity contribution >= 4 is 17.2 Å². The quantitative estimate of drug-likeness (QED) is 0.629. The molecule has 1 heterocycles. The normalized spacial score (nSPS) is 10.8. The van der Waals surface area contributed by atoms with Gasteiger partial charge in [0.25, 0.3) is 5.91 Å². The maximum Gasteiger partial charge on any atom is 0.251 e. The molecule has 0 aliphatic rings. The summed E-state index contributed by atoms with van der Waals surface area (Å²) in [6, 6.07) is 13.1. The van der Waals surface area contributed by atoms with Gasteiger partial charge in [-0.3, -0.25) is 4.79 Å². The molecule has 0 saturated heterocycles. The average Bonchev–Trinajstić information content (AvgIpc) is 3.15. The Kier molecular flexibility index (Phi) is 6.19. The number of hydrogen-bond acceptors (Lipinski definition) is 4. The molecule has 0 spiro atoms. The predicted molar refractivity (Wildman–Crippen MR) is 105 cm³/mol. The molecule has 2 aromatic carbocycles. The monoisotopic (exact) mass is 384 g/mol. The molecule has 1 N–H and O–H groups in total. The number of benzene rings is 2. The lowest BCUT2D eigenvalue weighted by molar-refractivity contribution is 0.0950. The van der Waals surface area contributed by atoms with E-state index in [1.54, 1.807) is 47.7 Å². The summed E-state index contributed by atoms with van der Waals surface area (Å²) in [5, 5.41) is 5.92. The summed E-state index contributed by atoms with van der Waals surface area (Å²) in [7, 11) is 0. The number of rotatable bonds is 7. The fourth-order valence-electron chi connectivity index (χ4n) is 2.42. The second-order valence-electron chi connectivity index (χ2n) is 6.46. The van der Waals surface area contributed by atoms with Gasteiger partial charge < -0.3 is 10.1 Å². The number of carbonyl (C=O) groups excluding carboxylic acids is 1. The van der Waals surface area contributed by atoms with Crippen molar-refractivity contribution in [3.05, 3.63) is 81.6 Å². The summed E-state index contributed by atoms with van der Waals surface area (Å²) in [4.78, 5) is 16.9. The zero-order chi connectivity index (χ0) is 19.2. The van der Waals surface area contributed by atoms with Gasteiger partial charge in [0.15, 0.2) is 0 Å². The Morgan fingerprint density at radius 2 is 2.00 bits per heavy atom. The van der Waals surface area contributed by atoms with Gasteiger partial charge in [-0.1, -0.05) is 32.0 Å². The second-order valence-corrected chi connectivity index (χ2v) is 7.35. The maximum atomic E-state index is 12.9. The number of amides is 1. The number of carbonyl (C=O) groups is 1. The van der Waals surface area contributed by atoms with Crippen LogP contribution in [0.1, 0.15) is 46.4 Å². The summed E-state index contributed by atoms with van der Waals surface area (Å²) in [5.74, 6) is 0.511. The molecular weight excluding hydrogens is 363 g/mol. The van der Waals surface area contributed by atoms with Crippen LogP contribution in [0.3, 0.4) is 0 Å². The highest BCUT2D eigenvalue weighted by Crippen LogP contribution is 2.19. The van der Waals surface area contributed by atoms with Crippen LogP contribution in [0.25, 0.3) is 0 Å². The minimum absolute atomic E-state index is 0.179. The van der Waals surface area contributed by atoms with Crippen LogP contribution >= 0.6 is 11.3 Å². The van der Waals surface area contributed by atoms with E-state index >= 15 is 0 Å². The summed E-state index contributed by atoms with van der Waals surface area (Å²) in [6.45, 7) is 4.89. The molecule has 1 aromatic heterocycles. The van der Waals surface area contributed by atoms with Crippen LogP contribution in [-0.2, 0) is 13.2 Å². The molecule has 1 amide bonds. The first kappa shape index (κ1) is 19.0. The third-order valence-corrected chi connectivity index (χ3v) is 5.10. The van der Waals surface area contributed by atoms with Crippen LogP contribution < -0.4 is 10.1 Å². The Bertz CT molecular complexity index is 907. The van der Waals surface area contributed by atoms with E-state index in [1.807, 2.05) is 5.38 Å². The molecule has 3 aromatic rings. The van der Waals surface area contributed by atoms with Gasteiger partial charge in [0.2, 0.25) is 0 Å². The van der Waals surface area contributed by atoms with Crippen molar-refractivity contribution in [2.45, 2.75) is 32.9 Å². The third-order valence-electron chi connectivity index (χ3n) is 3.91. The molecule has 6 heteroatoms. The number of halogens is 1. The molecule has 0 atom stereocenters. The van der Waals surface area contributed by atoms with E-state index in [4.69, 9.17) is 4.74 Å². The van der Waals surface area contributed by atoms with E-state index in [9.17, 15) is 9.18 Å². The number of nitrogens with one attached hydrogen (secondary N) is 1. The number of aromatic nitrogens is 1. The van der Waals surface area contributed by atoms with Gasteiger partial charge in [0, 0.05) is 16.9 Å². The molecule has 0 bridgehead atoms. The third kappa shape index (κ3) is 5.37. The molecular formula is C21H21FN2O2S. The standard InChI is InChI=1S/C21H21FN2O2S/c1-14(2)21-24-18(13-27-21)11-23-20(25)16-4-3-5-19(10-16)26-12-15-6-8-17(22)9-7-15/h3-10,13-14H,11-12H2,1-2H3,(H,23,25). The predicted octanol–water partition coefficient (Wildman–Crippen LogP) is 4.91. The lowest BCUT2D eigenvalue weighted by Gasteiger charge is -2.08. The molecule has 0 saturated carbocycles. The molecule has 0 aliphatic carbocycles. The van der Waals surface area contributed by atoms with E-state index in [-0.39, 0.29) is 11.7 Å². The van der Waals surface area contributed by atoms with Gasteiger partial charge in [0.05, 0.1) is 17.2 Å². The number of nitrogens with zero attached hydrogens (tertiary/aromatic N) is 1. The van der Waals surface area contributed by atoms with Gasteiger partial charge in [0.1, 0.15) is 18.2 Å². The van der Waals surface area contributed by atoms with Crippen molar-refractivity contribution in [1.82, 2.24) is 10.3 Å². The van der Waals surface area contributed by atoms with Gasteiger partial charge in [-0.15, -0.1) is 11.3 Å². The van der Waals surface area contributed by atoms with Crippen molar-refractivity contribution in [2.24, 2.45) is 0 Å². The van der Waals surface area contributed by atoms with Crippen molar-refractivity contribution in [2.75, 3.05) is 0 Å². The van der Waals surface area contributed by atoms with Crippen LogP contribution in [0.2, 0.25) is 0 Å². The SMILES string of the molecule is CC(C)c1nc(CNC(=O)c2cccc(OCc3ccc(F)cc3)c2)cs1. The van der Waals surface area contributed by atoms with Crippen LogP contribution in [-0.4, -0.2) is 10.9 Å². The lowest BCUT2D eigenvalue weighted by atomic mass is 10.2. The Hall–Kier alpha value is -2.73. The van der Waals surface area contributed by atoms with Gasteiger partial charge in [-0.25, -0.2) is 9.37 Å². The smallest absolute Gasteiger partial charge is 0.251 e. The maximum absolute atomic E-state index is 12.9. The van der Waals surface area contributed by atoms with E-state index in [2.05, 4.69) is 24.1 Å². The molecule has 0 fully saturated rings. The van der Waals surface area contributed by atoms with Gasteiger partial charge in [-0.2, -0.15) is 0 Å². The molecule has 0 radical (unpaired) electrons. The first-order chi connectivity index (χ1) is 13.0. The molecule has 0 aliphatic heterocycles. The lowest BCUT2D eigenvalue weighted by Crippen LogP contribution is -2.23. The molecule has 4 nitrogen and oxygen atoms in total. The Balaban J connectivity index is 1.56. The zero-order valence-corrected chi connectivity index (χ0v) is 16.1. The minimum atomic E-state index is -0.280. The molecule has 3 rings (SSSR count). The minimum Gasteiger partial charge on any atom is -0.489 e. The van der Waals surface area contributed by atoms with E-state index < -0.39 is 0 Å². The summed E-state index contributed by atoms with van der Waals surface area (Å²) in [6.07, 6.45) is 0. The number of hydrogen-bond donors (Lipinski definition) is 1. The van der Waals surface area contributed by atoms with Crippen molar-refractivity contribution in [1.29, 1.82) is 0 Å². The molecule has 140 valence electrons. The summed E-state index contributed by atoms with van der Waals surface area (Å²) < 4.78 is 18.6. The highest BCUT2D eigenvalue weighted by atomic mass is 32.1. The van der Waals surface area contributed by atoms with Crippen LogP contribution in [0, 0.1) is 5.82 Å². The van der Waals surface area contributed by atoms with Crippen LogP contribution in [0.4, 0.5) is 4.39 Å². The Morgan fingerprint density at radius 3 is 2.70 bits per heavy atom. The largest absolute Gasteiger partial charge is 0.489 e. The highest BCUT2D eigenvalue weighted by Gasteiger charge is 2.10. The van der Waals surface area contributed by atoms with Crippen molar-refractivity contribution < 1.29 is 13.9 Å². The van der Waals surface area contributed by atoms with Crippen molar-refractivity contribution in [3.8, 4) is 5.75 Å². The summed E-state index contributed by atoms with van der Waals surface area (Å²) >= 11 is 1.61.